The lowest BCUT2D eigenvalue weighted by molar-refractivity contribution is 0.174. The van der Waals surface area contributed by atoms with Gasteiger partial charge in [0, 0.05) is 25.7 Å². The van der Waals surface area contributed by atoms with E-state index in [4.69, 9.17) is 0 Å². The summed E-state index contributed by atoms with van der Waals surface area (Å²) in [5.41, 5.74) is 1.37. The first-order chi connectivity index (χ1) is 10.4. The molecule has 1 aliphatic heterocycles. The number of sulfonamides is 1. The average Bonchev–Trinajstić information content (AvgIpc) is 2.48. The zero-order valence-corrected chi connectivity index (χ0v) is 14.7. The molecule has 4 nitrogen and oxygen atoms in total. The van der Waals surface area contributed by atoms with Crippen LogP contribution in [0.5, 0.6) is 0 Å². The Hall–Kier alpha value is -0.910. The van der Waals surface area contributed by atoms with Crippen molar-refractivity contribution in [3.63, 3.8) is 0 Å². The number of nitrogens with zero attached hydrogens (tertiary/aromatic N) is 2. The van der Waals surface area contributed by atoms with Crippen LogP contribution in [0.4, 0.5) is 0 Å². The SMILES string of the molecule is CC(Cc1ccccc1)N(C)CC1CCN(S(C)(=O)=O)CC1. The summed E-state index contributed by atoms with van der Waals surface area (Å²) in [6, 6.07) is 11.1. The summed E-state index contributed by atoms with van der Waals surface area (Å²) in [6.45, 7) is 4.65. The molecule has 1 aromatic rings. The molecule has 0 amide bonds. The van der Waals surface area contributed by atoms with Crippen molar-refractivity contribution in [2.24, 2.45) is 5.92 Å². The highest BCUT2D eigenvalue weighted by molar-refractivity contribution is 7.88. The van der Waals surface area contributed by atoms with E-state index in [1.165, 1.54) is 11.8 Å². The molecule has 1 unspecified atom stereocenters. The quantitative estimate of drug-likeness (QED) is 0.805. The van der Waals surface area contributed by atoms with Gasteiger partial charge in [0.15, 0.2) is 0 Å². The summed E-state index contributed by atoms with van der Waals surface area (Å²) in [4.78, 5) is 2.41. The molecule has 1 saturated heterocycles. The Kier molecular flexibility index (Phi) is 6.01. The molecule has 1 fully saturated rings. The Bertz CT molecular complexity index is 551. The van der Waals surface area contributed by atoms with Crippen molar-refractivity contribution in [2.45, 2.75) is 32.2 Å². The van der Waals surface area contributed by atoms with E-state index in [1.807, 2.05) is 6.07 Å². The van der Waals surface area contributed by atoms with Crippen LogP contribution in [0, 0.1) is 5.92 Å². The highest BCUT2D eigenvalue weighted by Gasteiger charge is 2.26. The first-order valence-corrected chi connectivity index (χ1v) is 9.90. The molecule has 0 saturated carbocycles. The second-order valence-corrected chi connectivity index (χ2v) is 8.57. The molecule has 0 spiro atoms. The maximum absolute atomic E-state index is 11.5. The fourth-order valence-corrected chi connectivity index (χ4v) is 4.00. The van der Waals surface area contributed by atoms with E-state index in [9.17, 15) is 8.42 Å². The van der Waals surface area contributed by atoms with Gasteiger partial charge in [-0.3, -0.25) is 0 Å². The predicted octanol–water partition coefficient (Wildman–Crippen LogP) is 2.22. The van der Waals surface area contributed by atoms with Gasteiger partial charge in [0.1, 0.15) is 0 Å². The van der Waals surface area contributed by atoms with Crippen molar-refractivity contribution in [1.82, 2.24) is 9.21 Å². The van der Waals surface area contributed by atoms with E-state index in [0.29, 0.717) is 25.0 Å². The minimum atomic E-state index is -3.02. The van der Waals surface area contributed by atoms with Crippen LogP contribution in [0.2, 0.25) is 0 Å². The fourth-order valence-electron chi connectivity index (χ4n) is 3.12. The highest BCUT2D eigenvalue weighted by atomic mass is 32.2. The van der Waals surface area contributed by atoms with Gasteiger partial charge in [-0.2, -0.15) is 0 Å². The molecule has 5 heteroatoms. The zero-order valence-electron chi connectivity index (χ0n) is 13.9. The molecular weight excluding hydrogens is 296 g/mol. The number of hydrogen-bond donors (Lipinski definition) is 0. The minimum Gasteiger partial charge on any atom is -0.303 e. The molecule has 0 radical (unpaired) electrons. The first kappa shape index (κ1) is 17.4. The third-order valence-electron chi connectivity index (χ3n) is 4.72. The van der Waals surface area contributed by atoms with Crippen molar-refractivity contribution in [2.75, 3.05) is 32.9 Å². The van der Waals surface area contributed by atoms with Crippen LogP contribution < -0.4 is 0 Å². The molecule has 22 heavy (non-hydrogen) atoms. The molecular formula is C17H28N2O2S. The normalized spacial score (nSPS) is 19.5. The molecule has 1 aliphatic rings. The summed E-state index contributed by atoms with van der Waals surface area (Å²) in [5.74, 6) is 0.598. The van der Waals surface area contributed by atoms with Gasteiger partial charge >= 0.3 is 0 Å². The largest absolute Gasteiger partial charge is 0.303 e. The number of benzene rings is 1. The molecule has 0 aromatic heterocycles. The molecule has 2 rings (SSSR count). The molecule has 0 bridgehead atoms. The third-order valence-corrected chi connectivity index (χ3v) is 6.02. The van der Waals surface area contributed by atoms with Gasteiger partial charge in [-0.1, -0.05) is 30.3 Å². The van der Waals surface area contributed by atoms with E-state index in [0.717, 1.165) is 25.8 Å². The number of rotatable bonds is 6. The third kappa shape index (κ3) is 5.07. The molecule has 0 N–H and O–H groups in total. The van der Waals surface area contributed by atoms with E-state index in [1.54, 1.807) is 4.31 Å². The van der Waals surface area contributed by atoms with Crippen molar-refractivity contribution >= 4 is 10.0 Å². The zero-order chi connectivity index (χ0) is 16.2. The van der Waals surface area contributed by atoms with E-state index in [-0.39, 0.29) is 0 Å². The Labute approximate surface area is 135 Å². The van der Waals surface area contributed by atoms with Crippen LogP contribution in [-0.4, -0.2) is 56.6 Å². The summed E-state index contributed by atoms with van der Waals surface area (Å²) in [7, 11) is -0.838. The van der Waals surface area contributed by atoms with E-state index >= 15 is 0 Å². The topological polar surface area (TPSA) is 40.6 Å². The van der Waals surface area contributed by atoms with Gasteiger partial charge in [-0.25, -0.2) is 12.7 Å². The highest BCUT2D eigenvalue weighted by Crippen LogP contribution is 2.21. The summed E-state index contributed by atoms with van der Waals surface area (Å²) in [6.07, 6.45) is 4.30. The van der Waals surface area contributed by atoms with Gasteiger partial charge in [0.25, 0.3) is 0 Å². The first-order valence-electron chi connectivity index (χ1n) is 8.05. The number of piperidine rings is 1. The summed E-state index contributed by atoms with van der Waals surface area (Å²) < 4.78 is 24.7. The minimum absolute atomic E-state index is 0.496. The van der Waals surface area contributed by atoms with Crippen molar-refractivity contribution in [1.29, 1.82) is 0 Å². The Morgan fingerprint density at radius 2 is 1.82 bits per heavy atom. The smallest absolute Gasteiger partial charge is 0.211 e. The second-order valence-electron chi connectivity index (χ2n) is 6.58. The maximum atomic E-state index is 11.5. The summed E-state index contributed by atoms with van der Waals surface area (Å²) >= 11 is 0. The van der Waals surface area contributed by atoms with Crippen LogP contribution in [0.3, 0.4) is 0 Å². The van der Waals surface area contributed by atoms with E-state index < -0.39 is 10.0 Å². The van der Waals surface area contributed by atoms with Gasteiger partial charge in [-0.05, 0) is 44.7 Å². The molecule has 1 atom stereocenters. The van der Waals surface area contributed by atoms with Crippen LogP contribution in [0.15, 0.2) is 30.3 Å². The van der Waals surface area contributed by atoms with Crippen LogP contribution in [0.1, 0.15) is 25.3 Å². The maximum Gasteiger partial charge on any atom is 0.211 e. The average molecular weight is 324 g/mol. The molecule has 1 heterocycles. The molecule has 124 valence electrons. The fraction of sp³-hybridized carbons (Fsp3) is 0.647. The van der Waals surface area contributed by atoms with Crippen LogP contribution >= 0.6 is 0 Å². The second kappa shape index (κ2) is 7.57. The predicted molar refractivity (Wildman–Crippen MR) is 91.4 cm³/mol. The van der Waals surface area contributed by atoms with Crippen LogP contribution in [-0.2, 0) is 16.4 Å². The van der Waals surface area contributed by atoms with E-state index in [2.05, 4.69) is 43.1 Å². The van der Waals surface area contributed by atoms with Crippen molar-refractivity contribution < 1.29 is 8.42 Å². The van der Waals surface area contributed by atoms with Gasteiger partial charge < -0.3 is 4.90 Å². The van der Waals surface area contributed by atoms with Gasteiger partial charge in [-0.15, -0.1) is 0 Å². The Morgan fingerprint density at radius 1 is 1.23 bits per heavy atom. The Balaban J connectivity index is 1.79. The lowest BCUT2D eigenvalue weighted by atomic mass is 9.96. The Morgan fingerprint density at radius 3 is 2.36 bits per heavy atom. The van der Waals surface area contributed by atoms with Crippen molar-refractivity contribution in [3.8, 4) is 0 Å². The van der Waals surface area contributed by atoms with Crippen LogP contribution in [0.25, 0.3) is 0 Å². The molecule has 1 aromatic carbocycles. The lowest BCUT2D eigenvalue weighted by Crippen LogP contribution is -2.42. The number of likely N-dealkylation sites (N-methyl/N-ethyl adjacent to an activating group) is 1. The van der Waals surface area contributed by atoms with Gasteiger partial charge in [0.2, 0.25) is 10.0 Å². The number of hydrogen-bond acceptors (Lipinski definition) is 3. The molecule has 0 aliphatic carbocycles. The standard InChI is InChI=1S/C17H28N2O2S/c1-15(13-16-7-5-4-6-8-16)18(2)14-17-9-11-19(12-10-17)22(3,20)21/h4-8,15,17H,9-14H2,1-3H3. The summed E-state index contributed by atoms with van der Waals surface area (Å²) in [5, 5.41) is 0. The monoisotopic (exact) mass is 324 g/mol. The lowest BCUT2D eigenvalue weighted by Gasteiger charge is -2.34. The van der Waals surface area contributed by atoms with Gasteiger partial charge in [0.05, 0.1) is 6.26 Å². The van der Waals surface area contributed by atoms with Crippen molar-refractivity contribution in [3.05, 3.63) is 35.9 Å².